The molecule has 3 atom stereocenters. The lowest BCUT2D eigenvalue weighted by molar-refractivity contribution is -0.122. The summed E-state index contributed by atoms with van der Waals surface area (Å²) >= 11 is 0. The van der Waals surface area contributed by atoms with Gasteiger partial charge in [0.05, 0.1) is 11.5 Å². The summed E-state index contributed by atoms with van der Waals surface area (Å²) < 4.78 is 27.1. The van der Waals surface area contributed by atoms with Crippen molar-refractivity contribution in [1.29, 1.82) is 0 Å². The van der Waals surface area contributed by atoms with Crippen molar-refractivity contribution in [3.63, 3.8) is 0 Å². The quantitative estimate of drug-likeness (QED) is 0.556. The van der Waals surface area contributed by atoms with Gasteiger partial charge in [0.25, 0.3) is 0 Å². The molecule has 0 bridgehead atoms. The van der Waals surface area contributed by atoms with Crippen LogP contribution in [0.5, 0.6) is 0 Å². The number of hydrogen-bond donors (Lipinski definition) is 2. The summed E-state index contributed by atoms with van der Waals surface area (Å²) in [5.74, 6) is -0.616. The summed E-state index contributed by atoms with van der Waals surface area (Å²) in [5.41, 5.74) is 3.27. The lowest BCUT2D eigenvalue weighted by Crippen LogP contribution is -2.33. The highest BCUT2D eigenvalue weighted by atomic mass is 32.2. The molecule has 178 valence electrons. The standard InChI is InChI=1S/C26H34N2O4S/c1-18(2)17-33(31,32)27-16-19(3)13-22(14-20-9-5-4-6-10-20)26(30)28-25-23-12-8-7-11-21(23)15-24(25)29/h4-12,18-19,22,24,27,29H,13-17H2,1-3H3/t19-,22-,24?/m0/s1. The molecular weight excluding hydrogens is 436 g/mol. The maximum Gasteiger partial charge on any atom is 0.249 e. The predicted octanol–water partition coefficient (Wildman–Crippen LogP) is 3.38. The number of fused-ring (bicyclic) bond motifs is 1. The second-order valence-corrected chi connectivity index (χ2v) is 11.3. The molecule has 3 rings (SSSR count). The molecule has 0 saturated carbocycles. The van der Waals surface area contributed by atoms with Gasteiger partial charge >= 0.3 is 0 Å². The van der Waals surface area contributed by atoms with Crippen molar-refractivity contribution in [2.24, 2.45) is 22.7 Å². The molecule has 6 nitrogen and oxygen atoms in total. The van der Waals surface area contributed by atoms with Crippen molar-refractivity contribution in [2.45, 2.75) is 46.1 Å². The second-order valence-electron chi connectivity index (χ2n) is 9.46. The third-order valence-electron chi connectivity index (χ3n) is 5.82. The van der Waals surface area contributed by atoms with Crippen molar-refractivity contribution in [2.75, 3.05) is 12.3 Å². The van der Waals surface area contributed by atoms with Crippen LogP contribution in [0, 0.1) is 17.8 Å². The molecule has 1 amide bonds. The van der Waals surface area contributed by atoms with Gasteiger partial charge in [0.15, 0.2) is 0 Å². The van der Waals surface area contributed by atoms with Crippen LogP contribution in [-0.4, -0.2) is 43.5 Å². The Morgan fingerprint density at radius 3 is 2.45 bits per heavy atom. The average molecular weight is 471 g/mol. The molecule has 7 heteroatoms. The van der Waals surface area contributed by atoms with Gasteiger partial charge in [-0.2, -0.15) is 0 Å². The molecule has 2 aromatic carbocycles. The van der Waals surface area contributed by atoms with Crippen molar-refractivity contribution < 1.29 is 18.3 Å². The van der Waals surface area contributed by atoms with Gasteiger partial charge in [-0.1, -0.05) is 75.4 Å². The van der Waals surface area contributed by atoms with Crippen LogP contribution in [0.15, 0.2) is 59.6 Å². The van der Waals surface area contributed by atoms with Crippen LogP contribution in [0.25, 0.3) is 0 Å². The molecule has 2 aromatic rings. The molecule has 1 aliphatic rings. The third-order valence-corrected chi connectivity index (χ3v) is 7.53. The SMILES string of the molecule is CC(C)CS(=O)(=O)NC[C@@H](C)C[C@@H](Cc1ccccc1)C(=O)N=C1c2ccccc2CC1O. The highest BCUT2D eigenvalue weighted by Gasteiger charge is 2.29. The number of aliphatic hydroxyl groups is 1. The third kappa shape index (κ3) is 7.32. The van der Waals surface area contributed by atoms with Gasteiger partial charge in [-0.15, -0.1) is 0 Å². The first-order chi connectivity index (χ1) is 15.6. The number of nitrogens with zero attached hydrogens (tertiary/aromatic N) is 1. The van der Waals surface area contributed by atoms with Crippen LogP contribution in [0.1, 0.15) is 43.9 Å². The number of aliphatic imine (C=N–C) groups is 1. The van der Waals surface area contributed by atoms with Crippen molar-refractivity contribution in [1.82, 2.24) is 4.72 Å². The first-order valence-corrected chi connectivity index (χ1v) is 13.2. The van der Waals surface area contributed by atoms with E-state index in [1.807, 2.05) is 75.4 Å². The fourth-order valence-corrected chi connectivity index (χ4v) is 5.82. The summed E-state index contributed by atoms with van der Waals surface area (Å²) in [4.78, 5) is 17.7. The largest absolute Gasteiger partial charge is 0.386 e. The molecule has 0 aliphatic heterocycles. The Labute approximate surface area is 197 Å². The van der Waals surface area contributed by atoms with Gasteiger partial charge < -0.3 is 5.11 Å². The number of carbonyl (C=O) groups excluding carboxylic acids is 1. The first kappa shape index (κ1) is 25.3. The Balaban J connectivity index is 1.76. The van der Waals surface area contributed by atoms with Gasteiger partial charge in [-0.05, 0) is 35.8 Å². The Morgan fingerprint density at radius 2 is 1.76 bits per heavy atom. The normalized spacial score (nSPS) is 18.9. The van der Waals surface area contributed by atoms with E-state index in [0.717, 1.165) is 16.7 Å². The van der Waals surface area contributed by atoms with E-state index in [1.165, 1.54) is 0 Å². The summed E-state index contributed by atoms with van der Waals surface area (Å²) in [5, 5.41) is 10.5. The van der Waals surface area contributed by atoms with E-state index in [1.54, 1.807) is 0 Å². The van der Waals surface area contributed by atoms with Crippen molar-refractivity contribution >= 4 is 21.6 Å². The van der Waals surface area contributed by atoms with E-state index in [-0.39, 0.29) is 30.0 Å². The molecule has 2 N–H and O–H groups in total. The van der Waals surface area contributed by atoms with E-state index >= 15 is 0 Å². The molecule has 1 unspecified atom stereocenters. The predicted molar refractivity (Wildman–Crippen MR) is 132 cm³/mol. The maximum atomic E-state index is 13.3. The topological polar surface area (TPSA) is 95.8 Å². The fraction of sp³-hybridized carbons (Fsp3) is 0.462. The van der Waals surface area contributed by atoms with Gasteiger partial charge in [-0.25, -0.2) is 18.1 Å². The number of carbonyl (C=O) groups is 1. The van der Waals surface area contributed by atoms with Crippen LogP contribution in [-0.2, 0) is 27.7 Å². The molecular formula is C26H34N2O4S. The number of aliphatic hydroxyl groups excluding tert-OH is 1. The van der Waals surface area contributed by atoms with Gasteiger partial charge in [-0.3, -0.25) is 4.79 Å². The molecule has 0 fully saturated rings. The smallest absolute Gasteiger partial charge is 0.249 e. The monoisotopic (exact) mass is 470 g/mol. The first-order valence-electron chi connectivity index (χ1n) is 11.5. The number of rotatable bonds is 10. The average Bonchev–Trinajstić information content (AvgIpc) is 3.07. The highest BCUT2D eigenvalue weighted by Crippen LogP contribution is 2.25. The minimum atomic E-state index is -3.35. The van der Waals surface area contributed by atoms with E-state index < -0.39 is 22.0 Å². The van der Waals surface area contributed by atoms with Crippen molar-refractivity contribution in [3.8, 4) is 0 Å². The Bertz CT molecular complexity index is 1080. The molecule has 0 heterocycles. The van der Waals surface area contributed by atoms with Crippen LogP contribution in [0.4, 0.5) is 0 Å². The summed E-state index contributed by atoms with van der Waals surface area (Å²) in [7, 11) is -3.35. The molecule has 33 heavy (non-hydrogen) atoms. The second kappa shape index (κ2) is 11.2. The molecule has 0 saturated heterocycles. The fourth-order valence-electron chi connectivity index (χ4n) is 4.28. The summed E-state index contributed by atoms with van der Waals surface area (Å²) in [6.45, 7) is 5.95. The van der Waals surface area contributed by atoms with Crippen molar-refractivity contribution in [3.05, 3.63) is 71.3 Å². The van der Waals surface area contributed by atoms with Gasteiger partial charge in [0, 0.05) is 24.4 Å². The zero-order valence-corrected chi connectivity index (χ0v) is 20.4. The number of benzene rings is 2. The lowest BCUT2D eigenvalue weighted by Gasteiger charge is -2.20. The minimum absolute atomic E-state index is 0.0433. The van der Waals surface area contributed by atoms with Crippen LogP contribution >= 0.6 is 0 Å². The summed E-state index contributed by atoms with van der Waals surface area (Å²) in [6, 6.07) is 17.4. The molecule has 1 aliphatic carbocycles. The maximum absolute atomic E-state index is 13.3. The van der Waals surface area contributed by atoms with Gasteiger partial charge in [0.2, 0.25) is 15.9 Å². The van der Waals surface area contributed by atoms with Crippen LogP contribution in [0.3, 0.4) is 0 Å². The number of sulfonamides is 1. The minimum Gasteiger partial charge on any atom is -0.386 e. The van der Waals surface area contributed by atoms with Crippen LogP contribution < -0.4 is 4.72 Å². The lowest BCUT2D eigenvalue weighted by atomic mass is 9.89. The molecule has 0 spiro atoms. The zero-order chi connectivity index (χ0) is 24.0. The van der Waals surface area contributed by atoms with Crippen LogP contribution in [0.2, 0.25) is 0 Å². The number of amides is 1. The van der Waals surface area contributed by atoms with E-state index in [0.29, 0.717) is 25.0 Å². The molecule has 0 aromatic heterocycles. The number of nitrogens with one attached hydrogen (secondary N) is 1. The van der Waals surface area contributed by atoms with Gasteiger partial charge in [0.1, 0.15) is 6.10 Å². The van der Waals surface area contributed by atoms with E-state index in [9.17, 15) is 18.3 Å². The van der Waals surface area contributed by atoms with E-state index in [2.05, 4.69) is 9.71 Å². The molecule has 0 radical (unpaired) electrons. The zero-order valence-electron chi connectivity index (χ0n) is 19.6. The Morgan fingerprint density at radius 1 is 1.09 bits per heavy atom. The van der Waals surface area contributed by atoms with E-state index in [4.69, 9.17) is 0 Å². The highest BCUT2D eigenvalue weighted by molar-refractivity contribution is 7.89. The Kier molecular flexibility index (Phi) is 8.57. The number of hydrogen-bond acceptors (Lipinski definition) is 4. The summed E-state index contributed by atoms with van der Waals surface area (Å²) in [6.07, 6.45) is 0.674. The Hall–Kier alpha value is -2.35.